The number of pyridine rings is 2. The molecule has 1 aromatic carbocycles. The molecule has 0 atom stereocenters. The monoisotopic (exact) mass is 629 g/mol. The van der Waals surface area contributed by atoms with Gasteiger partial charge in [-0.25, -0.2) is 4.39 Å². The van der Waals surface area contributed by atoms with Crippen LogP contribution in [0.5, 0.6) is 5.75 Å². The summed E-state index contributed by atoms with van der Waals surface area (Å²) in [5.74, 6) is -0.106. The highest BCUT2D eigenvalue weighted by Gasteiger charge is 2.69. The lowest BCUT2D eigenvalue weighted by Gasteiger charge is -2.66. The van der Waals surface area contributed by atoms with Crippen LogP contribution in [0.4, 0.5) is 32.0 Å². The van der Waals surface area contributed by atoms with E-state index in [4.69, 9.17) is 0 Å². The van der Waals surface area contributed by atoms with E-state index in [0.29, 0.717) is 48.4 Å². The van der Waals surface area contributed by atoms with Crippen molar-refractivity contribution in [1.29, 1.82) is 0 Å². The van der Waals surface area contributed by atoms with Gasteiger partial charge in [-0.05, 0) is 105 Å². The number of fused-ring (bicyclic) bond motifs is 3. The van der Waals surface area contributed by atoms with Gasteiger partial charge in [0, 0.05) is 41.5 Å². The summed E-state index contributed by atoms with van der Waals surface area (Å²) in [6, 6.07) is 13.0. The normalized spacial score (nSPS) is 30.0. The molecule has 0 radical (unpaired) electrons. The summed E-state index contributed by atoms with van der Waals surface area (Å²) >= 11 is 0. The molecular weight excluding hydrogens is 596 g/mol. The zero-order chi connectivity index (χ0) is 31.7. The number of nitrogens with zero attached hydrogens (tertiary/aromatic N) is 3. The maximum Gasteiger partial charge on any atom is 0.417 e. The van der Waals surface area contributed by atoms with E-state index in [0.717, 1.165) is 50.8 Å². The quantitative estimate of drug-likeness (QED) is 0.222. The fraction of sp³-hybridized carbons (Fsp3) is 0.500. The summed E-state index contributed by atoms with van der Waals surface area (Å²) in [6.45, 7) is -2.47. The lowest BCUT2D eigenvalue weighted by Crippen LogP contribution is -2.65. The molecule has 11 heteroatoms. The van der Waals surface area contributed by atoms with Crippen LogP contribution in [0, 0.1) is 10.8 Å². The number of benzene rings is 1. The molecule has 238 valence electrons. The highest BCUT2D eigenvalue weighted by atomic mass is 19.4. The molecule has 6 aliphatic carbocycles. The number of hydrogen-bond acceptors (Lipinski definition) is 4. The van der Waals surface area contributed by atoms with E-state index in [1.165, 1.54) is 18.3 Å². The Labute approximate surface area is 257 Å². The van der Waals surface area contributed by atoms with Crippen molar-refractivity contribution < 1.29 is 35.9 Å². The maximum absolute atomic E-state index is 14.3. The average Bonchev–Trinajstić information content (AvgIpc) is 2.99. The topological polar surface area (TPSA) is 55.3 Å². The number of aromatic nitrogens is 2. The van der Waals surface area contributed by atoms with Gasteiger partial charge >= 0.3 is 12.8 Å². The number of halogens is 6. The number of amides is 1. The van der Waals surface area contributed by atoms with Gasteiger partial charge in [-0.2, -0.15) is 22.0 Å². The molecule has 45 heavy (non-hydrogen) atoms. The molecule has 0 spiro atoms. The molecule has 0 unspecified atom stereocenters. The van der Waals surface area contributed by atoms with E-state index in [1.54, 1.807) is 6.07 Å². The van der Waals surface area contributed by atoms with E-state index in [-0.39, 0.29) is 34.3 Å². The predicted octanol–water partition coefficient (Wildman–Crippen LogP) is 8.67. The van der Waals surface area contributed by atoms with Crippen molar-refractivity contribution in [3.63, 3.8) is 0 Å². The van der Waals surface area contributed by atoms with Gasteiger partial charge in [0.2, 0.25) is 5.91 Å². The minimum Gasteiger partial charge on any atom is -0.433 e. The van der Waals surface area contributed by atoms with Gasteiger partial charge < -0.3 is 9.64 Å². The molecule has 0 N–H and O–H groups in total. The largest absolute Gasteiger partial charge is 0.433 e. The Balaban J connectivity index is 1.12. The maximum atomic E-state index is 14.3. The fourth-order valence-electron chi connectivity index (χ4n) is 8.44. The molecule has 0 saturated heterocycles. The summed E-state index contributed by atoms with van der Waals surface area (Å²) in [5.41, 5.74) is 0.0597. The zero-order valence-electron chi connectivity index (χ0n) is 24.6. The summed E-state index contributed by atoms with van der Waals surface area (Å²) < 4.78 is 83.3. The minimum atomic E-state index is -4.43. The van der Waals surface area contributed by atoms with Crippen molar-refractivity contribution in [3.05, 3.63) is 72.2 Å². The SMILES string of the molecule is O=C(CC12CC(F)(C1)C2)N(CC12CCC(c3ccc(C(F)(F)F)cn3)(CC1)CC2)c1cccc(-c2ccc(OC(F)F)cn2)c1. The number of anilines is 1. The second kappa shape index (κ2) is 10.5. The Morgan fingerprint density at radius 1 is 0.889 bits per heavy atom. The van der Waals surface area contributed by atoms with Crippen LogP contribution in [-0.2, 0) is 16.4 Å². The number of rotatable bonds is 9. The van der Waals surface area contributed by atoms with Gasteiger partial charge in [0.05, 0.1) is 17.5 Å². The van der Waals surface area contributed by atoms with Crippen LogP contribution in [-0.4, -0.2) is 34.7 Å². The third-order valence-electron chi connectivity index (χ3n) is 10.8. The fourth-order valence-corrected chi connectivity index (χ4v) is 8.44. The standard InChI is InChI=1S/C34H33F6N3O2/c35-29(36)45-25-5-6-26(41-17-25)22-2-1-3-24(14-22)43(28(44)15-31-18-33(37,19-31)20-31)21-30-8-11-32(12-9-30,13-10-30)27-7-4-23(16-42-27)34(38,39)40/h1-7,14,16-17,29H,8-13,15,18-21H2. The average molecular weight is 630 g/mol. The van der Waals surface area contributed by atoms with Crippen LogP contribution in [0.2, 0.25) is 0 Å². The van der Waals surface area contributed by atoms with Crippen molar-refractivity contribution in [2.75, 3.05) is 11.4 Å². The second-order valence-corrected chi connectivity index (χ2v) is 13.9. The third kappa shape index (κ3) is 5.56. The van der Waals surface area contributed by atoms with Crippen molar-refractivity contribution in [3.8, 4) is 17.0 Å². The Bertz CT molecular complexity index is 1550. The molecule has 1 amide bonds. The molecule has 2 aromatic heterocycles. The van der Waals surface area contributed by atoms with Gasteiger partial charge in [0.1, 0.15) is 11.4 Å². The van der Waals surface area contributed by atoms with E-state index < -0.39 is 24.0 Å². The second-order valence-electron chi connectivity index (χ2n) is 13.9. The van der Waals surface area contributed by atoms with Crippen molar-refractivity contribution in [2.24, 2.45) is 10.8 Å². The van der Waals surface area contributed by atoms with Gasteiger partial charge in [-0.15, -0.1) is 0 Å². The van der Waals surface area contributed by atoms with Crippen LogP contribution in [0.1, 0.15) is 75.5 Å². The molecule has 4 bridgehead atoms. The Kier molecular flexibility index (Phi) is 6.98. The molecule has 6 saturated carbocycles. The lowest BCUT2D eigenvalue weighted by molar-refractivity contribution is -0.215. The Hall–Kier alpha value is -3.63. The highest BCUT2D eigenvalue weighted by molar-refractivity contribution is 5.95. The molecule has 6 aliphatic rings. The van der Waals surface area contributed by atoms with Crippen molar-refractivity contribution in [1.82, 2.24) is 9.97 Å². The number of ether oxygens (including phenoxy) is 1. The first-order chi connectivity index (χ1) is 21.3. The van der Waals surface area contributed by atoms with E-state index >= 15 is 0 Å². The van der Waals surface area contributed by atoms with Crippen LogP contribution in [0.15, 0.2) is 60.9 Å². The number of carbonyl (C=O) groups excluding carboxylic acids is 1. The van der Waals surface area contributed by atoms with Crippen LogP contribution in [0.25, 0.3) is 11.3 Å². The molecule has 3 aromatic rings. The van der Waals surface area contributed by atoms with Gasteiger partial charge in [0.15, 0.2) is 0 Å². The summed E-state index contributed by atoms with van der Waals surface area (Å²) in [4.78, 5) is 24.4. The summed E-state index contributed by atoms with van der Waals surface area (Å²) in [6.07, 6.45) is 4.02. The van der Waals surface area contributed by atoms with Crippen LogP contribution in [0.3, 0.4) is 0 Å². The van der Waals surface area contributed by atoms with Crippen molar-refractivity contribution >= 4 is 11.6 Å². The zero-order valence-corrected chi connectivity index (χ0v) is 24.6. The Morgan fingerprint density at radius 3 is 2.16 bits per heavy atom. The van der Waals surface area contributed by atoms with Gasteiger partial charge in [0.25, 0.3) is 0 Å². The minimum absolute atomic E-state index is 0.0521. The third-order valence-corrected chi connectivity index (χ3v) is 10.8. The van der Waals surface area contributed by atoms with Gasteiger partial charge in [-0.3, -0.25) is 14.8 Å². The Morgan fingerprint density at radius 2 is 1.60 bits per heavy atom. The van der Waals surface area contributed by atoms with E-state index in [9.17, 15) is 31.1 Å². The smallest absolute Gasteiger partial charge is 0.417 e. The predicted molar refractivity (Wildman–Crippen MR) is 154 cm³/mol. The first kappa shape index (κ1) is 30.0. The number of hydrogen-bond donors (Lipinski definition) is 0. The molecule has 2 heterocycles. The van der Waals surface area contributed by atoms with Crippen LogP contribution < -0.4 is 9.64 Å². The summed E-state index contributed by atoms with van der Waals surface area (Å²) in [7, 11) is 0. The summed E-state index contributed by atoms with van der Waals surface area (Å²) in [5, 5.41) is 0. The first-order valence-corrected chi connectivity index (χ1v) is 15.3. The van der Waals surface area contributed by atoms with E-state index in [1.807, 2.05) is 29.2 Å². The number of alkyl halides is 6. The van der Waals surface area contributed by atoms with E-state index in [2.05, 4.69) is 14.7 Å². The number of carbonyl (C=O) groups is 1. The highest BCUT2D eigenvalue weighted by Crippen LogP contribution is 2.71. The lowest BCUT2D eigenvalue weighted by atomic mass is 9.41. The van der Waals surface area contributed by atoms with Crippen molar-refractivity contribution in [2.45, 2.75) is 88.1 Å². The van der Waals surface area contributed by atoms with Crippen LogP contribution >= 0.6 is 0 Å². The molecule has 0 aliphatic heterocycles. The molecule has 6 fully saturated rings. The first-order valence-electron chi connectivity index (χ1n) is 15.3. The molecular formula is C34H33F6N3O2. The van der Waals surface area contributed by atoms with Gasteiger partial charge in [-0.1, -0.05) is 12.1 Å². The molecule has 9 rings (SSSR count). The molecule has 5 nitrogen and oxygen atoms in total.